The highest BCUT2D eigenvalue weighted by Gasteiger charge is 2.41. The molecule has 6 heteroatoms. The molecule has 170 valence electrons. The maximum absolute atomic E-state index is 13.5. The van der Waals surface area contributed by atoms with E-state index in [1.54, 1.807) is 19.1 Å². The van der Waals surface area contributed by atoms with Gasteiger partial charge in [-0.05, 0) is 67.7 Å². The van der Waals surface area contributed by atoms with Crippen LogP contribution in [0.5, 0.6) is 5.75 Å². The molecule has 0 amide bonds. The Morgan fingerprint density at radius 1 is 1.20 bits per heavy atom. The van der Waals surface area contributed by atoms with Crippen LogP contribution in [0.4, 0.5) is 4.39 Å². The molecule has 1 saturated heterocycles. The van der Waals surface area contributed by atoms with Gasteiger partial charge in [-0.1, -0.05) is 20.8 Å². The Morgan fingerprint density at radius 2 is 1.90 bits per heavy atom. The van der Waals surface area contributed by atoms with E-state index in [-0.39, 0.29) is 24.4 Å². The zero-order chi connectivity index (χ0) is 22.0. The fourth-order valence-electron chi connectivity index (χ4n) is 4.74. The van der Waals surface area contributed by atoms with Crippen molar-refractivity contribution in [2.24, 2.45) is 11.3 Å². The lowest BCUT2D eigenvalue weighted by atomic mass is 9.68. The standard InChI is InChI=1S/C24H38FNO4/c1-18-13-20(5-6-21(18)25)30-17-24(28)15-26(11-12-29-16-24)14-23(27)9-7-19(8-10-23)22(2,3)4/h5-6,13,19,27-28H,7-12,14-17H2,1-4H3/t19?,23?,24-/m0/s1. The van der Waals surface area contributed by atoms with Crippen LogP contribution in [0, 0.1) is 24.1 Å². The third kappa shape index (κ3) is 6.16. The number of rotatable bonds is 5. The molecule has 3 rings (SSSR count). The second kappa shape index (κ2) is 9.11. The summed E-state index contributed by atoms with van der Waals surface area (Å²) in [6.45, 7) is 10.8. The molecule has 0 radical (unpaired) electrons. The lowest BCUT2D eigenvalue weighted by molar-refractivity contribution is -0.0807. The molecule has 0 bridgehead atoms. The van der Waals surface area contributed by atoms with Crippen LogP contribution in [0.2, 0.25) is 0 Å². The van der Waals surface area contributed by atoms with Crippen LogP contribution in [0.25, 0.3) is 0 Å². The molecule has 1 aliphatic heterocycles. The van der Waals surface area contributed by atoms with Crippen molar-refractivity contribution in [2.45, 2.75) is 64.6 Å². The monoisotopic (exact) mass is 423 g/mol. The second-order valence-electron chi connectivity index (χ2n) is 10.6. The number of benzene rings is 1. The van der Waals surface area contributed by atoms with Gasteiger partial charge < -0.3 is 19.7 Å². The SMILES string of the molecule is Cc1cc(OC[C@@]2(O)COCCN(CC3(O)CCC(C(C)(C)C)CC3)C2)ccc1F. The van der Waals surface area contributed by atoms with Gasteiger partial charge in [0.1, 0.15) is 23.8 Å². The average Bonchev–Trinajstić information content (AvgIpc) is 2.83. The number of hydrogen-bond acceptors (Lipinski definition) is 5. The van der Waals surface area contributed by atoms with Gasteiger partial charge in [-0.2, -0.15) is 0 Å². The van der Waals surface area contributed by atoms with Crippen LogP contribution in [0.15, 0.2) is 18.2 Å². The minimum absolute atomic E-state index is 0.0547. The molecule has 1 atom stereocenters. The average molecular weight is 424 g/mol. The molecule has 1 aromatic rings. The van der Waals surface area contributed by atoms with Gasteiger partial charge in [0.2, 0.25) is 0 Å². The largest absolute Gasteiger partial charge is 0.490 e. The summed E-state index contributed by atoms with van der Waals surface area (Å²) >= 11 is 0. The molecule has 2 fully saturated rings. The number of ether oxygens (including phenoxy) is 2. The Bertz CT molecular complexity index is 712. The van der Waals surface area contributed by atoms with Crippen LogP contribution >= 0.6 is 0 Å². The quantitative estimate of drug-likeness (QED) is 0.759. The molecule has 5 nitrogen and oxygen atoms in total. The molecule has 2 N–H and O–H groups in total. The van der Waals surface area contributed by atoms with Gasteiger partial charge in [0.15, 0.2) is 0 Å². The molecular weight excluding hydrogens is 385 g/mol. The van der Waals surface area contributed by atoms with Gasteiger partial charge in [-0.15, -0.1) is 0 Å². The molecule has 0 aromatic heterocycles. The highest BCUT2D eigenvalue weighted by molar-refractivity contribution is 5.28. The van der Waals surface area contributed by atoms with Crippen molar-refractivity contribution < 1.29 is 24.1 Å². The summed E-state index contributed by atoms with van der Waals surface area (Å²) in [6.07, 6.45) is 3.63. The van der Waals surface area contributed by atoms with Gasteiger partial charge in [0.25, 0.3) is 0 Å². The molecule has 1 aromatic carbocycles. The first kappa shape index (κ1) is 23.5. The summed E-state index contributed by atoms with van der Waals surface area (Å²) in [5, 5.41) is 22.3. The number of nitrogens with zero attached hydrogens (tertiary/aromatic N) is 1. The van der Waals surface area contributed by atoms with Gasteiger partial charge in [-0.25, -0.2) is 4.39 Å². The van der Waals surface area contributed by atoms with Crippen molar-refractivity contribution in [1.82, 2.24) is 4.90 Å². The second-order valence-corrected chi connectivity index (χ2v) is 10.6. The van der Waals surface area contributed by atoms with Crippen LogP contribution < -0.4 is 4.74 Å². The van der Waals surface area contributed by atoms with Gasteiger partial charge >= 0.3 is 0 Å². The number of aryl methyl sites for hydroxylation is 1. The zero-order valence-corrected chi connectivity index (χ0v) is 18.9. The fourth-order valence-corrected chi connectivity index (χ4v) is 4.74. The van der Waals surface area contributed by atoms with E-state index in [2.05, 4.69) is 25.7 Å². The Hall–Kier alpha value is -1.21. The molecule has 1 saturated carbocycles. The molecule has 0 unspecified atom stereocenters. The van der Waals surface area contributed by atoms with Gasteiger partial charge in [-0.3, -0.25) is 4.90 Å². The van der Waals surface area contributed by atoms with E-state index in [0.717, 1.165) is 25.7 Å². The molecule has 30 heavy (non-hydrogen) atoms. The highest BCUT2D eigenvalue weighted by Crippen LogP contribution is 2.41. The summed E-state index contributed by atoms with van der Waals surface area (Å²) in [5.74, 6) is 0.881. The summed E-state index contributed by atoms with van der Waals surface area (Å²) in [4.78, 5) is 2.10. The van der Waals surface area contributed by atoms with E-state index < -0.39 is 11.2 Å². The number of β-amino-alcohol motifs (C(OH)–C–C–N with tert-alkyl or cyclic N) is 2. The van der Waals surface area contributed by atoms with E-state index in [0.29, 0.717) is 43.5 Å². The predicted molar refractivity (Wildman–Crippen MR) is 115 cm³/mol. The van der Waals surface area contributed by atoms with Crippen LogP contribution in [-0.2, 0) is 4.74 Å². The summed E-state index contributed by atoms with van der Waals surface area (Å²) in [6, 6.07) is 4.57. The van der Waals surface area contributed by atoms with Crippen molar-refractivity contribution in [3.8, 4) is 5.75 Å². The minimum Gasteiger partial charge on any atom is -0.490 e. The van der Waals surface area contributed by atoms with Crippen molar-refractivity contribution >= 4 is 0 Å². The molecule has 0 spiro atoms. The third-order valence-corrected chi connectivity index (χ3v) is 6.74. The Labute approximate surface area is 180 Å². The Morgan fingerprint density at radius 3 is 2.53 bits per heavy atom. The Kier molecular flexibility index (Phi) is 7.12. The van der Waals surface area contributed by atoms with E-state index >= 15 is 0 Å². The highest BCUT2D eigenvalue weighted by atomic mass is 19.1. The fraction of sp³-hybridized carbons (Fsp3) is 0.750. The van der Waals surface area contributed by atoms with Gasteiger partial charge in [0, 0.05) is 19.6 Å². The first-order valence-electron chi connectivity index (χ1n) is 11.1. The summed E-state index contributed by atoms with van der Waals surface area (Å²) < 4.78 is 24.9. The summed E-state index contributed by atoms with van der Waals surface area (Å²) in [5.41, 5.74) is -1.13. The molecule has 1 heterocycles. The van der Waals surface area contributed by atoms with Crippen molar-refractivity contribution in [3.63, 3.8) is 0 Å². The van der Waals surface area contributed by atoms with E-state index in [9.17, 15) is 14.6 Å². The zero-order valence-electron chi connectivity index (χ0n) is 18.9. The molecule has 1 aliphatic carbocycles. The lowest BCUT2D eigenvalue weighted by Crippen LogP contribution is -2.53. The van der Waals surface area contributed by atoms with E-state index in [1.165, 1.54) is 6.07 Å². The smallest absolute Gasteiger partial charge is 0.134 e. The number of aliphatic hydroxyl groups is 2. The first-order chi connectivity index (χ1) is 14.0. The molecular formula is C24H38FNO4. The van der Waals surface area contributed by atoms with Crippen molar-refractivity contribution in [3.05, 3.63) is 29.6 Å². The number of halogens is 1. The normalized spacial score (nSPS) is 31.4. The first-order valence-corrected chi connectivity index (χ1v) is 11.1. The van der Waals surface area contributed by atoms with E-state index in [1.807, 2.05) is 0 Å². The molecule has 2 aliphatic rings. The van der Waals surface area contributed by atoms with E-state index in [4.69, 9.17) is 9.47 Å². The topological polar surface area (TPSA) is 62.2 Å². The minimum atomic E-state index is -1.18. The van der Waals surface area contributed by atoms with Crippen LogP contribution in [0.3, 0.4) is 0 Å². The van der Waals surface area contributed by atoms with Crippen molar-refractivity contribution in [2.75, 3.05) is 39.5 Å². The Balaban J connectivity index is 1.58. The van der Waals surface area contributed by atoms with Gasteiger partial charge in [0.05, 0.1) is 18.8 Å². The number of hydrogen-bond donors (Lipinski definition) is 2. The predicted octanol–water partition coefficient (Wildman–Crippen LogP) is 3.54. The summed E-state index contributed by atoms with van der Waals surface area (Å²) in [7, 11) is 0. The lowest BCUT2D eigenvalue weighted by Gasteiger charge is -2.43. The maximum atomic E-state index is 13.5. The van der Waals surface area contributed by atoms with Crippen LogP contribution in [-0.4, -0.2) is 65.8 Å². The maximum Gasteiger partial charge on any atom is 0.134 e. The third-order valence-electron chi connectivity index (χ3n) is 6.74. The van der Waals surface area contributed by atoms with Crippen LogP contribution in [0.1, 0.15) is 52.0 Å². The van der Waals surface area contributed by atoms with Crippen molar-refractivity contribution in [1.29, 1.82) is 0 Å².